The number of alkyl halides is 3. The number of aliphatic imine (C=N–C) groups is 1. The van der Waals surface area contributed by atoms with Crippen molar-refractivity contribution in [3.05, 3.63) is 35.4 Å². The van der Waals surface area contributed by atoms with Crippen molar-refractivity contribution in [2.75, 3.05) is 26.8 Å². The van der Waals surface area contributed by atoms with Gasteiger partial charge in [-0.25, -0.2) is 0 Å². The number of benzene rings is 1. The first kappa shape index (κ1) is 17.6. The number of guanidine groups is 1. The average Bonchev–Trinajstić information content (AvgIpc) is 2.48. The Morgan fingerprint density at radius 3 is 2.61 bits per heavy atom. The fourth-order valence-corrected chi connectivity index (χ4v) is 2.32. The lowest BCUT2D eigenvalue weighted by atomic mass is 9.89. The first-order valence-electron chi connectivity index (χ1n) is 7.46. The van der Waals surface area contributed by atoms with Crippen molar-refractivity contribution in [2.45, 2.75) is 26.1 Å². The molecule has 0 saturated carbocycles. The molecule has 7 heteroatoms. The molecular weight excluding hydrogens is 307 g/mol. The Balaban J connectivity index is 1.98. The largest absolute Gasteiger partial charge is 0.416 e. The summed E-state index contributed by atoms with van der Waals surface area (Å²) in [4.78, 5) is 4.12. The number of nitrogens with one attached hydrogen (secondary N) is 2. The van der Waals surface area contributed by atoms with E-state index in [2.05, 4.69) is 22.5 Å². The van der Waals surface area contributed by atoms with Crippen LogP contribution in [0.5, 0.6) is 0 Å². The predicted octanol–water partition coefficient (Wildman–Crippen LogP) is 2.97. The third-order valence-electron chi connectivity index (χ3n) is 3.87. The van der Waals surface area contributed by atoms with Crippen LogP contribution in [0.3, 0.4) is 0 Å². The molecular formula is C16H22F3N3O. The summed E-state index contributed by atoms with van der Waals surface area (Å²) in [6, 6.07) is 5.02. The molecule has 1 aliphatic rings. The lowest BCUT2D eigenvalue weighted by Gasteiger charge is -2.38. The van der Waals surface area contributed by atoms with Crippen LogP contribution >= 0.6 is 0 Å². The molecule has 1 atom stereocenters. The van der Waals surface area contributed by atoms with Crippen LogP contribution in [0.4, 0.5) is 13.2 Å². The van der Waals surface area contributed by atoms with Gasteiger partial charge in [0.25, 0.3) is 0 Å². The molecule has 2 N–H and O–H groups in total. The van der Waals surface area contributed by atoms with Crippen LogP contribution in [0.1, 0.15) is 31.0 Å². The van der Waals surface area contributed by atoms with Crippen LogP contribution in [-0.4, -0.2) is 32.8 Å². The zero-order valence-electron chi connectivity index (χ0n) is 13.5. The molecule has 23 heavy (non-hydrogen) atoms. The minimum Gasteiger partial charge on any atom is -0.380 e. The molecule has 0 amide bonds. The van der Waals surface area contributed by atoms with Crippen LogP contribution in [0, 0.1) is 5.41 Å². The molecule has 0 spiro atoms. The summed E-state index contributed by atoms with van der Waals surface area (Å²) in [6.45, 7) is 5.99. The van der Waals surface area contributed by atoms with Gasteiger partial charge in [-0.05, 0) is 24.6 Å². The van der Waals surface area contributed by atoms with E-state index in [0.29, 0.717) is 31.3 Å². The van der Waals surface area contributed by atoms with E-state index in [-0.39, 0.29) is 11.5 Å². The summed E-state index contributed by atoms with van der Waals surface area (Å²) in [7, 11) is 1.63. The third kappa shape index (κ3) is 4.60. The van der Waals surface area contributed by atoms with Crippen LogP contribution in [0.2, 0.25) is 0 Å². The molecule has 1 saturated heterocycles. The Morgan fingerprint density at radius 2 is 2.09 bits per heavy atom. The molecule has 0 aromatic heterocycles. The maximum absolute atomic E-state index is 12.8. The molecule has 2 rings (SSSR count). The summed E-state index contributed by atoms with van der Waals surface area (Å²) in [6.07, 6.45) is -4.34. The zero-order valence-corrected chi connectivity index (χ0v) is 13.5. The summed E-state index contributed by atoms with van der Waals surface area (Å²) in [5.41, 5.74) is -0.0106. The maximum atomic E-state index is 12.8. The number of hydrogen-bond donors (Lipinski definition) is 2. The third-order valence-corrected chi connectivity index (χ3v) is 3.87. The SMILES string of the molecule is CN=C(NCC1(C)COC1)NC(C)c1cccc(C(F)(F)F)c1. The minimum absolute atomic E-state index is 0.0804. The molecule has 1 heterocycles. The first-order valence-corrected chi connectivity index (χ1v) is 7.46. The summed E-state index contributed by atoms with van der Waals surface area (Å²) < 4.78 is 43.6. The van der Waals surface area contributed by atoms with E-state index in [1.165, 1.54) is 6.07 Å². The maximum Gasteiger partial charge on any atom is 0.416 e. The zero-order chi connectivity index (χ0) is 17.1. The van der Waals surface area contributed by atoms with Gasteiger partial charge < -0.3 is 15.4 Å². The van der Waals surface area contributed by atoms with Gasteiger partial charge in [0.15, 0.2) is 5.96 Å². The topological polar surface area (TPSA) is 45.7 Å². The van der Waals surface area contributed by atoms with Crippen LogP contribution in [0.25, 0.3) is 0 Å². The molecule has 0 aliphatic carbocycles. The van der Waals surface area contributed by atoms with Crippen LogP contribution < -0.4 is 10.6 Å². The van der Waals surface area contributed by atoms with Gasteiger partial charge in [-0.1, -0.05) is 19.1 Å². The van der Waals surface area contributed by atoms with Gasteiger partial charge in [-0.15, -0.1) is 0 Å². The number of nitrogens with zero attached hydrogens (tertiary/aromatic N) is 1. The minimum atomic E-state index is -4.34. The summed E-state index contributed by atoms with van der Waals surface area (Å²) in [5.74, 6) is 0.558. The van der Waals surface area contributed by atoms with Gasteiger partial charge in [0.2, 0.25) is 0 Å². The van der Waals surface area contributed by atoms with Gasteiger partial charge in [0.1, 0.15) is 0 Å². The van der Waals surface area contributed by atoms with Gasteiger partial charge in [0.05, 0.1) is 24.8 Å². The van der Waals surface area contributed by atoms with E-state index in [4.69, 9.17) is 4.74 Å². The monoisotopic (exact) mass is 329 g/mol. The molecule has 128 valence electrons. The number of ether oxygens (including phenoxy) is 1. The Kier molecular flexibility index (Phi) is 5.19. The lowest BCUT2D eigenvalue weighted by Crippen LogP contribution is -2.51. The molecule has 1 unspecified atom stereocenters. The van der Waals surface area contributed by atoms with Crippen molar-refractivity contribution in [3.8, 4) is 0 Å². The highest BCUT2D eigenvalue weighted by molar-refractivity contribution is 5.80. The quantitative estimate of drug-likeness (QED) is 0.659. The fraction of sp³-hybridized carbons (Fsp3) is 0.562. The number of hydrogen-bond acceptors (Lipinski definition) is 2. The number of halogens is 3. The van der Waals surface area contributed by atoms with Crippen molar-refractivity contribution in [1.29, 1.82) is 0 Å². The molecule has 1 aromatic rings. The second kappa shape index (κ2) is 6.78. The molecule has 1 aromatic carbocycles. The second-order valence-corrected chi connectivity index (χ2v) is 6.22. The smallest absolute Gasteiger partial charge is 0.380 e. The van der Waals surface area contributed by atoms with Gasteiger partial charge >= 0.3 is 6.18 Å². The Hall–Kier alpha value is -1.76. The molecule has 4 nitrogen and oxygen atoms in total. The molecule has 1 fully saturated rings. The molecule has 0 radical (unpaired) electrons. The van der Waals surface area contributed by atoms with E-state index in [1.54, 1.807) is 20.0 Å². The van der Waals surface area contributed by atoms with Crippen molar-refractivity contribution in [3.63, 3.8) is 0 Å². The Morgan fingerprint density at radius 1 is 1.39 bits per heavy atom. The standard InChI is InChI=1S/C16H22F3N3O/c1-11(12-5-4-6-13(7-12)16(17,18)19)22-14(20-3)21-8-15(2)9-23-10-15/h4-7,11H,8-10H2,1-3H3,(H2,20,21,22). The van der Waals surface area contributed by atoms with Gasteiger partial charge in [-0.2, -0.15) is 13.2 Å². The van der Waals surface area contributed by atoms with Crippen LogP contribution in [-0.2, 0) is 10.9 Å². The highest BCUT2D eigenvalue weighted by Crippen LogP contribution is 2.30. The Labute approximate surface area is 134 Å². The number of rotatable bonds is 4. The van der Waals surface area contributed by atoms with Crippen molar-refractivity contribution in [1.82, 2.24) is 10.6 Å². The highest BCUT2D eigenvalue weighted by Gasteiger charge is 2.33. The van der Waals surface area contributed by atoms with Crippen LogP contribution in [0.15, 0.2) is 29.3 Å². The van der Waals surface area contributed by atoms with E-state index in [9.17, 15) is 13.2 Å². The van der Waals surface area contributed by atoms with E-state index in [0.717, 1.165) is 12.1 Å². The van der Waals surface area contributed by atoms with E-state index in [1.807, 2.05) is 0 Å². The average molecular weight is 329 g/mol. The van der Waals surface area contributed by atoms with Gasteiger partial charge in [0, 0.05) is 19.0 Å². The fourth-order valence-electron chi connectivity index (χ4n) is 2.32. The normalized spacial score (nSPS) is 19.0. The summed E-state index contributed by atoms with van der Waals surface area (Å²) >= 11 is 0. The predicted molar refractivity (Wildman–Crippen MR) is 83.3 cm³/mol. The van der Waals surface area contributed by atoms with Crippen molar-refractivity contribution >= 4 is 5.96 Å². The van der Waals surface area contributed by atoms with Gasteiger partial charge in [-0.3, -0.25) is 4.99 Å². The second-order valence-electron chi connectivity index (χ2n) is 6.22. The van der Waals surface area contributed by atoms with Crippen molar-refractivity contribution < 1.29 is 17.9 Å². The van der Waals surface area contributed by atoms with E-state index < -0.39 is 11.7 Å². The summed E-state index contributed by atoms with van der Waals surface area (Å²) in [5, 5.41) is 6.31. The van der Waals surface area contributed by atoms with E-state index >= 15 is 0 Å². The first-order chi connectivity index (χ1) is 10.7. The highest BCUT2D eigenvalue weighted by atomic mass is 19.4. The Bertz CT molecular complexity index is 568. The molecule has 1 aliphatic heterocycles. The van der Waals surface area contributed by atoms with Crippen molar-refractivity contribution in [2.24, 2.45) is 10.4 Å². The molecule has 0 bridgehead atoms. The lowest BCUT2D eigenvalue weighted by molar-refractivity contribution is -0.137.